The largest absolute Gasteiger partial charge is 0.392 e. The fourth-order valence-corrected chi connectivity index (χ4v) is 1.33. The number of nitrogens with zero attached hydrogens (tertiary/aromatic N) is 1. The molecule has 2 N–H and O–H groups in total. The molecule has 0 fully saturated rings. The van der Waals surface area contributed by atoms with E-state index in [0.29, 0.717) is 18.1 Å². The second kappa shape index (κ2) is 6.02. The van der Waals surface area contributed by atoms with Crippen molar-refractivity contribution in [3.8, 4) is 0 Å². The van der Waals surface area contributed by atoms with Gasteiger partial charge in [-0.25, -0.2) is 0 Å². The van der Waals surface area contributed by atoms with Gasteiger partial charge in [0.25, 0.3) is 5.91 Å². The lowest BCUT2D eigenvalue weighted by Crippen LogP contribution is -2.49. The van der Waals surface area contributed by atoms with E-state index in [9.17, 15) is 4.79 Å². The van der Waals surface area contributed by atoms with Crippen molar-refractivity contribution in [1.29, 1.82) is 0 Å². The molecule has 0 aromatic carbocycles. The lowest BCUT2D eigenvalue weighted by Gasteiger charge is -2.30. The van der Waals surface area contributed by atoms with Crippen molar-refractivity contribution in [2.24, 2.45) is 5.73 Å². The van der Waals surface area contributed by atoms with Crippen LogP contribution in [0.1, 0.15) is 27.2 Å². The fourth-order valence-electron chi connectivity index (χ4n) is 1.18. The van der Waals surface area contributed by atoms with Gasteiger partial charge < -0.3 is 15.4 Å². The summed E-state index contributed by atoms with van der Waals surface area (Å²) in [5.74, 6) is -0.0837. The highest BCUT2D eigenvalue weighted by molar-refractivity contribution is 7.80. The highest BCUT2D eigenvalue weighted by Crippen LogP contribution is 2.12. The number of methoxy groups -OCH3 is 1. The first-order chi connectivity index (χ1) is 6.85. The maximum atomic E-state index is 12.0. The van der Waals surface area contributed by atoms with E-state index in [4.69, 9.17) is 22.7 Å². The Balaban J connectivity index is 4.61. The molecule has 0 rings (SSSR count). The smallest absolute Gasteiger partial charge is 0.254 e. The third kappa shape index (κ3) is 4.57. The standard InChI is InChI=1S/C10H20N2O2S/c1-5-6-12(7-8(11)15)9(13)10(2,3)14-4/h5-7H2,1-4H3,(H2,11,15). The van der Waals surface area contributed by atoms with Gasteiger partial charge in [0.05, 0.1) is 11.5 Å². The van der Waals surface area contributed by atoms with Gasteiger partial charge >= 0.3 is 0 Å². The number of hydrogen-bond acceptors (Lipinski definition) is 3. The molecule has 88 valence electrons. The van der Waals surface area contributed by atoms with Crippen LogP contribution in [-0.2, 0) is 9.53 Å². The molecule has 0 aromatic rings. The number of nitrogens with two attached hydrogens (primary N) is 1. The maximum absolute atomic E-state index is 12.0. The van der Waals surface area contributed by atoms with E-state index in [1.165, 1.54) is 7.11 Å². The number of hydrogen-bond donors (Lipinski definition) is 1. The van der Waals surface area contributed by atoms with E-state index in [2.05, 4.69) is 0 Å². The molecule has 0 aliphatic heterocycles. The van der Waals surface area contributed by atoms with Gasteiger partial charge in [-0.3, -0.25) is 4.79 Å². The molecule has 0 saturated carbocycles. The summed E-state index contributed by atoms with van der Waals surface area (Å²) in [7, 11) is 1.52. The first-order valence-electron chi connectivity index (χ1n) is 4.98. The van der Waals surface area contributed by atoms with E-state index in [1.807, 2.05) is 6.92 Å². The third-order valence-electron chi connectivity index (χ3n) is 2.15. The number of carbonyl (C=O) groups excluding carboxylic acids is 1. The van der Waals surface area contributed by atoms with Crippen LogP contribution in [0.3, 0.4) is 0 Å². The van der Waals surface area contributed by atoms with Crippen LogP contribution in [0, 0.1) is 0 Å². The molecule has 5 heteroatoms. The van der Waals surface area contributed by atoms with E-state index >= 15 is 0 Å². The molecule has 1 amide bonds. The predicted octanol–water partition coefficient (Wildman–Crippen LogP) is 0.936. The van der Waals surface area contributed by atoms with Crippen molar-refractivity contribution >= 4 is 23.1 Å². The Morgan fingerprint density at radius 3 is 2.40 bits per heavy atom. The lowest BCUT2D eigenvalue weighted by atomic mass is 10.1. The van der Waals surface area contributed by atoms with Gasteiger partial charge in [0, 0.05) is 13.7 Å². The fraction of sp³-hybridized carbons (Fsp3) is 0.800. The normalized spacial score (nSPS) is 11.2. The van der Waals surface area contributed by atoms with Crippen molar-refractivity contribution in [1.82, 2.24) is 4.90 Å². The number of ether oxygens (including phenoxy) is 1. The van der Waals surface area contributed by atoms with E-state index in [0.717, 1.165) is 6.42 Å². The van der Waals surface area contributed by atoms with Gasteiger partial charge in [-0.1, -0.05) is 19.1 Å². The molecule has 0 bridgehead atoms. The van der Waals surface area contributed by atoms with E-state index in [1.54, 1.807) is 18.7 Å². The zero-order valence-electron chi connectivity index (χ0n) is 9.87. The first kappa shape index (κ1) is 14.3. The monoisotopic (exact) mass is 232 g/mol. The van der Waals surface area contributed by atoms with Crippen LogP contribution < -0.4 is 5.73 Å². The SMILES string of the molecule is CCCN(CC(N)=S)C(=O)C(C)(C)OC. The van der Waals surface area contributed by atoms with Crippen molar-refractivity contribution in [3.63, 3.8) is 0 Å². The number of thiocarbonyl (C=S) groups is 1. The molecule has 4 nitrogen and oxygen atoms in total. The number of carbonyl (C=O) groups is 1. The van der Waals surface area contributed by atoms with Gasteiger partial charge in [-0.05, 0) is 20.3 Å². The zero-order valence-corrected chi connectivity index (χ0v) is 10.7. The Morgan fingerprint density at radius 2 is 2.07 bits per heavy atom. The van der Waals surface area contributed by atoms with E-state index in [-0.39, 0.29) is 5.91 Å². The second-order valence-electron chi connectivity index (χ2n) is 3.91. The molecule has 0 atom stereocenters. The molecule has 0 saturated heterocycles. The van der Waals surface area contributed by atoms with Crippen molar-refractivity contribution in [3.05, 3.63) is 0 Å². The highest BCUT2D eigenvalue weighted by atomic mass is 32.1. The zero-order chi connectivity index (χ0) is 12.1. The van der Waals surface area contributed by atoms with Gasteiger partial charge in [0.1, 0.15) is 5.60 Å². The summed E-state index contributed by atoms with van der Waals surface area (Å²) in [6.07, 6.45) is 0.869. The van der Waals surface area contributed by atoms with Crippen LogP contribution in [0.5, 0.6) is 0 Å². The van der Waals surface area contributed by atoms with Crippen LogP contribution in [0.15, 0.2) is 0 Å². The first-order valence-corrected chi connectivity index (χ1v) is 5.38. The molecular formula is C10H20N2O2S. The van der Waals surface area contributed by atoms with Crippen molar-refractivity contribution in [2.45, 2.75) is 32.8 Å². The van der Waals surface area contributed by atoms with E-state index < -0.39 is 5.60 Å². The average molecular weight is 232 g/mol. The predicted molar refractivity (Wildman–Crippen MR) is 64.7 cm³/mol. The minimum atomic E-state index is -0.819. The molecule has 0 aliphatic carbocycles. The second-order valence-corrected chi connectivity index (χ2v) is 4.43. The van der Waals surface area contributed by atoms with Crippen LogP contribution >= 0.6 is 12.2 Å². The molecule has 0 spiro atoms. The summed E-state index contributed by atoms with van der Waals surface area (Å²) in [6, 6.07) is 0. The quantitative estimate of drug-likeness (QED) is 0.692. The summed E-state index contributed by atoms with van der Waals surface area (Å²) in [6.45, 7) is 6.42. The summed E-state index contributed by atoms with van der Waals surface area (Å²) >= 11 is 4.81. The highest BCUT2D eigenvalue weighted by Gasteiger charge is 2.31. The average Bonchev–Trinajstić information content (AvgIpc) is 2.15. The Labute approximate surface area is 96.8 Å². The maximum Gasteiger partial charge on any atom is 0.254 e. The molecule has 0 unspecified atom stereocenters. The van der Waals surface area contributed by atoms with Crippen molar-refractivity contribution in [2.75, 3.05) is 20.2 Å². The van der Waals surface area contributed by atoms with Gasteiger partial charge in [0.2, 0.25) is 0 Å². The van der Waals surface area contributed by atoms with Crippen molar-refractivity contribution < 1.29 is 9.53 Å². The molecule has 0 heterocycles. The minimum Gasteiger partial charge on any atom is -0.392 e. The van der Waals surface area contributed by atoms with Gasteiger partial charge in [-0.2, -0.15) is 0 Å². The Hall–Kier alpha value is -0.680. The minimum absolute atomic E-state index is 0.0837. The summed E-state index contributed by atoms with van der Waals surface area (Å²) in [4.78, 5) is 14.0. The van der Waals surface area contributed by atoms with Crippen LogP contribution in [0.25, 0.3) is 0 Å². The Bertz CT molecular complexity index is 242. The summed E-state index contributed by atoms with van der Waals surface area (Å²) in [5, 5.41) is 0. The van der Waals surface area contributed by atoms with Crippen LogP contribution in [-0.4, -0.2) is 41.6 Å². The topological polar surface area (TPSA) is 55.6 Å². The Morgan fingerprint density at radius 1 is 1.53 bits per heavy atom. The molecule has 0 aromatic heterocycles. The van der Waals surface area contributed by atoms with Gasteiger partial charge in [0.15, 0.2) is 0 Å². The van der Waals surface area contributed by atoms with Gasteiger partial charge in [-0.15, -0.1) is 0 Å². The van der Waals surface area contributed by atoms with Crippen LogP contribution in [0.4, 0.5) is 0 Å². The third-order valence-corrected chi connectivity index (χ3v) is 2.28. The molecule has 15 heavy (non-hydrogen) atoms. The van der Waals surface area contributed by atoms with Crippen LogP contribution in [0.2, 0.25) is 0 Å². The lowest BCUT2D eigenvalue weighted by molar-refractivity contribution is -0.150. The number of amides is 1. The Kier molecular flexibility index (Phi) is 5.75. The molecular weight excluding hydrogens is 212 g/mol. The number of rotatable bonds is 6. The summed E-state index contributed by atoms with van der Waals surface area (Å²) < 4.78 is 5.13. The summed E-state index contributed by atoms with van der Waals surface area (Å²) in [5.41, 5.74) is 4.62. The molecule has 0 radical (unpaired) electrons. The molecule has 0 aliphatic rings.